The Morgan fingerprint density at radius 3 is 3.00 bits per heavy atom. The Kier molecular flexibility index (Phi) is 4.20. The maximum Gasteiger partial charge on any atom is 0.251 e. The lowest BCUT2D eigenvalue weighted by atomic mass is 10.1. The fourth-order valence-electron chi connectivity index (χ4n) is 2.04. The molecular weight excluding hydrogens is 228 g/mol. The van der Waals surface area contributed by atoms with Crippen molar-refractivity contribution in [2.45, 2.75) is 18.9 Å². The van der Waals surface area contributed by atoms with Crippen LogP contribution in [0.1, 0.15) is 23.2 Å². The third kappa shape index (κ3) is 3.23. The lowest BCUT2D eigenvalue weighted by Crippen LogP contribution is -2.31. The van der Waals surface area contributed by atoms with E-state index in [0.29, 0.717) is 12.1 Å². The van der Waals surface area contributed by atoms with Gasteiger partial charge in [0.25, 0.3) is 5.91 Å². The molecule has 0 saturated carbocycles. The second-order valence-corrected chi connectivity index (χ2v) is 4.79. The van der Waals surface area contributed by atoms with Crippen LogP contribution in [0.5, 0.6) is 0 Å². The van der Waals surface area contributed by atoms with Crippen LogP contribution in [0.15, 0.2) is 24.3 Å². The van der Waals surface area contributed by atoms with Crippen molar-refractivity contribution in [1.82, 2.24) is 5.32 Å². The molecule has 1 saturated heterocycles. The largest absolute Gasteiger partial charge is 0.378 e. The molecule has 98 valence electrons. The second kappa shape index (κ2) is 5.87. The van der Waals surface area contributed by atoms with Crippen molar-refractivity contribution in [3.05, 3.63) is 29.8 Å². The van der Waals surface area contributed by atoms with Crippen molar-refractivity contribution in [2.75, 3.05) is 32.1 Å². The van der Waals surface area contributed by atoms with Crippen LogP contribution in [0.2, 0.25) is 0 Å². The van der Waals surface area contributed by atoms with Crippen molar-refractivity contribution in [1.29, 1.82) is 0 Å². The average Bonchev–Trinajstić information content (AvgIpc) is 2.89. The van der Waals surface area contributed by atoms with Gasteiger partial charge in [0.2, 0.25) is 0 Å². The van der Waals surface area contributed by atoms with E-state index in [1.807, 2.05) is 43.3 Å². The fraction of sp³-hybridized carbons (Fsp3) is 0.500. The minimum atomic E-state index is -0.0331. The number of hydrogen-bond acceptors (Lipinski definition) is 3. The minimum absolute atomic E-state index is 0.0331. The number of carbonyl (C=O) groups is 1. The number of amides is 1. The standard InChI is InChI=1S/C14H20N2O2/c1-16(2)12-6-3-5-11(9-12)14(17)15-10-13-7-4-8-18-13/h3,5-6,9,13H,4,7-8,10H2,1-2H3,(H,15,17)/t13-/m1/s1. The molecule has 1 heterocycles. The van der Waals surface area contributed by atoms with E-state index in [1.54, 1.807) is 0 Å². The predicted octanol–water partition coefficient (Wildman–Crippen LogP) is 1.66. The van der Waals surface area contributed by atoms with E-state index < -0.39 is 0 Å². The van der Waals surface area contributed by atoms with Crippen molar-refractivity contribution in [3.63, 3.8) is 0 Å². The number of rotatable bonds is 4. The first-order valence-electron chi connectivity index (χ1n) is 6.34. The number of anilines is 1. The van der Waals surface area contributed by atoms with Crippen LogP contribution in [0.4, 0.5) is 5.69 Å². The number of nitrogens with zero attached hydrogens (tertiary/aromatic N) is 1. The highest BCUT2D eigenvalue weighted by atomic mass is 16.5. The average molecular weight is 248 g/mol. The van der Waals surface area contributed by atoms with Crippen molar-refractivity contribution in [2.24, 2.45) is 0 Å². The molecule has 1 atom stereocenters. The zero-order valence-electron chi connectivity index (χ0n) is 11.0. The summed E-state index contributed by atoms with van der Waals surface area (Å²) in [6, 6.07) is 7.61. The van der Waals surface area contributed by atoms with Gasteiger partial charge in [0.15, 0.2) is 0 Å². The predicted molar refractivity (Wildman–Crippen MR) is 72.1 cm³/mol. The van der Waals surface area contributed by atoms with Gasteiger partial charge in [-0.05, 0) is 31.0 Å². The maximum absolute atomic E-state index is 12.0. The molecule has 1 aliphatic rings. The summed E-state index contributed by atoms with van der Waals surface area (Å²) in [6.07, 6.45) is 2.32. The molecule has 0 aromatic heterocycles. The molecule has 1 aromatic carbocycles. The van der Waals surface area contributed by atoms with E-state index in [2.05, 4.69) is 5.32 Å². The molecular formula is C14H20N2O2. The van der Waals surface area contributed by atoms with Crippen molar-refractivity contribution in [3.8, 4) is 0 Å². The van der Waals surface area contributed by atoms with Gasteiger partial charge in [-0.3, -0.25) is 4.79 Å². The summed E-state index contributed by atoms with van der Waals surface area (Å²) in [5.41, 5.74) is 1.72. The third-order valence-corrected chi connectivity index (χ3v) is 3.14. The van der Waals surface area contributed by atoms with Gasteiger partial charge >= 0.3 is 0 Å². The molecule has 0 spiro atoms. The summed E-state index contributed by atoms with van der Waals surface area (Å²) in [5.74, 6) is -0.0331. The van der Waals surface area contributed by atoms with Crippen LogP contribution in [-0.4, -0.2) is 39.3 Å². The van der Waals surface area contributed by atoms with Crippen LogP contribution < -0.4 is 10.2 Å². The van der Waals surface area contributed by atoms with Gasteiger partial charge in [-0.1, -0.05) is 6.07 Å². The molecule has 1 aromatic rings. The number of carbonyl (C=O) groups excluding carboxylic acids is 1. The molecule has 1 N–H and O–H groups in total. The van der Waals surface area contributed by atoms with E-state index in [1.165, 1.54) is 0 Å². The van der Waals surface area contributed by atoms with Gasteiger partial charge in [0.1, 0.15) is 0 Å². The molecule has 18 heavy (non-hydrogen) atoms. The minimum Gasteiger partial charge on any atom is -0.378 e. The van der Waals surface area contributed by atoms with Crippen LogP contribution in [0.3, 0.4) is 0 Å². The zero-order valence-corrected chi connectivity index (χ0v) is 11.0. The summed E-state index contributed by atoms with van der Waals surface area (Å²) in [6.45, 7) is 1.42. The van der Waals surface area contributed by atoms with Crippen LogP contribution >= 0.6 is 0 Å². The Morgan fingerprint density at radius 2 is 2.33 bits per heavy atom. The van der Waals surface area contributed by atoms with Crippen molar-refractivity contribution < 1.29 is 9.53 Å². The summed E-state index contributed by atoms with van der Waals surface area (Å²) in [7, 11) is 3.92. The first kappa shape index (κ1) is 12.9. The van der Waals surface area contributed by atoms with E-state index in [0.717, 1.165) is 25.1 Å². The molecule has 0 unspecified atom stereocenters. The van der Waals surface area contributed by atoms with E-state index in [9.17, 15) is 4.79 Å². The summed E-state index contributed by atoms with van der Waals surface area (Å²) in [4.78, 5) is 14.0. The molecule has 2 rings (SSSR count). The molecule has 0 radical (unpaired) electrons. The zero-order chi connectivity index (χ0) is 13.0. The Bertz CT molecular complexity index is 412. The molecule has 4 heteroatoms. The number of hydrogen-bond donors (Lipinski definition) is 1. The Morgan fingerprint density at radius 1 is 1.50 bits per heavy atom. The number of nitrogens with one attached hydrogen (secondary N) is 1. The number of benzene rings is 1. The van der Waals surface area contributed by atoms with Crippen LogP contribution in [0, 0.1) is 0 Å². The lowest BCUT2D eigenvalue weighted by molar-refractivity contribution is 0.0858. The molecule has 0 bridgehead atoms. The first-order valence-corrected chi connectivity index (χ1v) is 6.34. The van der Waals surface area contributed by atoms with Crippen LogP contribution in [-0.2, 0) is 4.74 Å². The van der Waals surface area contributed by atoms with Gasteiger partial charge in [-0.25, -0.2) is 0 Å². The van der Waals surface area contributed by atoms with Crippen molar-refractivity contribution >= 4 is 11.6 Å². The molecule has 1 aliphatic heterocycles. The topological polar surface area (TPSA) is 41.6 Å². The summed E-state index contributed by atoms with van der Waals surface area (Å²) >= 11 is 0. The van der Waals surface area contributed by atoms with Gasteiger partial charge in [0, 0.05) is 38.5 Å². The molecule has 0 aliphatic carbocycles. The van der Waals surface area contributed by atoms with Gasteiger partial charge in [-0.15, -0.1) is 0 Å². The van der Waals surface area contributed by atoms with Gasteiger partial charge < -0.3 is 15.0 Å². The lowest BCUT2D eigenvalue weighted by Gasteiger charge is -2.14. The normalized spacial score (nSPS) is 18.7. The van der Waals surface area contributed by atoms with Crippen LogP contribution in [0.25, 0.3) is 0 Å². The van der Waals surface area contributed by atoms with E-state index in [4.69, 9.17) is 4.74 Å². The monoisotopic (exact) mass is 248 g/mol. The SMILES string of the molecule is CN(C)c1cccc(C(=O)NC[C@H]2CCCO2)c1. The molecule has 4 nitrogen and oxygen atoms in total. The molecule has 1 amide bonds. The Labute approximate surface area is 108 Å². The quantitative estimate of drug-likeness (QED) is 0.881. The number of ether oxygens (including phenoxy) is 1. The van der Waals surface area contributed by atoms with Gasteiger partial charge in [-0.2, -0.15) is 0 Å². The second-order valence-electron chi connectivity index (χ2n) is 4.79. The van der Waals surface area contributed by atoms with Gasteiger partial charge in [0.05, 0.1) is 6.10 Å². The summed E-state index contributed by atoms with van der Waals surface area (Å²) < 4.78 is 5.48. The third-order valence-electron chi connectivity index (χ3n) is 3.14. The first-order chi connectivity index (χ1) is 8.66. The Hall–Kier alpha value is -1.55. The highest BCUT2D eigenvalue weighted by Crippen LogP contribution is 2.14. The Balaban J connectivity index is 1.93. The van der Waals surface area contributed by atoms with E-state index in [-0.39, 0.29) is 12.0 Å². The summed E-state index contributed by atoms with van der Waals surface area (Å²) in [5, 5.41) is 2.92. The fourth-order valence-corrected chi connectivity index (χ4v) is 2.04. The smallest absolute Gasteiger partial charge is 0.251 e. The highest BCUT2D eigenvalue weighted by Gasteiger charge is 2.16. The highest BCUT2D eigenvalue weighted by molar-refractivity contribution is 5.95. The maximum atomic E-state index is 12.0. The van der Waals surface area contributed by atoms with E-state index >= 15 is 0 Å². The molecule has 1 fully saturated rings.